The summed E-state index contributed by atoms with van der Waals surface area (Å²) in [5.74, 6) is 0.731. The van der Waals surface area contributed by atoms with Gasteiger partial charge in [0.1, 0.15) is 17.4 Å². The molecule has 4 nitrogen and oxygen atoms in total. The van der Waals surface area contributed by atoms with Crippen molar-refractivity contribution < 1.29 is 5.32 Å². The standard InChI is InChI=1S/C20H19N3OS2/c1-12-5-7-14(8-6-12)10-21-13(2)18-22-19(24)17-15(11-26-20(17)23-18)16-4-3-9-25-16/h3-9,11,13,21H,10H2,1-2H3,(H,22,23,24)/p+1/t13-/m0/s1. The second-order valence-electron chi connectivity index (χ2n) is 6.47. The number of quaternary nitrogens is 1. The van der Waals surface area contributed by atoms with Gasteiger partial charge in [-0.25, -0.2) is 4.98 Å². The van der Waals surface area contributed by atoms with Gasteiger partial charge in [-0.05, 0) is 25.3 Å². The zero-order valence-corrected chi connectivity index (χ0v) is 16.3. The van der Waals surface area contributed by atoms with Gasteiger partial charge in [0.15, 0.2) is 5.82 Å². The number of hydrogen-bond acceptors (Lipinski definition) is 4. The van der Waals surface area contributed by atoms with Crippen molar-refractivity contribution in [3.05, 3.63) is 74.5 Å². The topological polar surface area (TPSA) is 62.4 Å². The molecular formula is C20H20N3OS2+. The lowest BCUT2D eigenvalue weighted by Crippen LogP contribution is -2.83. The van der Waals surface area contributed by atoms with Crippen molar-refractivity contribution in [2.24, 2.45) is 0 Å². The largest absolute Gasteiger partial charge is 0.334 e. The number of thiophene rings is 2. The summed E-state index contributed by atoms with van der Waals surface area (Å²) < 4.78 is 0. The van der Waals surface area contributed by atoms with Gasteiger partial charge in [0, 0.05) is 21.4 Å². The molecule has 1 aromatic carbocycles. The lowest BCUT2D eigenvalue weighted by atomic mass is 10.1. The molecule has 0 unspecified atom stereocenters. The van der Waals surface area contributed by atoms with E-state index in [4.69, 9.17) is 4.98 Å². The maximum absolute atomic E-state index is 12.7. The lowest BCUT2D eigenvalue weighted by molar-refractivity contribution is -0.709. The van der Waals surface area contributed by atoms with Crippen LogP contribution in [0.3, 0.4) is 0 Å². The normalized spacial score (nSPS) is 12.5. The highest BCUT2D eigenvalue weighted by Crippen LogP contribution is 2.33. The summed E-state index contributed by atoms with van der Waals surface area (Å²) in [5, 5.41) is 6.95. The molecule has 26 heavy (non-hydrogen) atoms. The summed E-state index contributed by atoms with van der Waals surface area (Å²) in [4.78, 5) is 22.3. The molecule has 0 bridgehead atoms. The minimum Gasteiger partial charge on any atom is -0.334 e. The van der Waals surface area contributed by atoms with Crippen molar-refractivity contribution in [3.8, 4) is 10.4 Å². The molecule has 3 aromatic heterocycles. The average molecular weight is 383 g/mol. The van der Waals surface area contributed by atoms with Crippen LogP contribution < -0.4 is 10.9 Å². The Hall–Kier alpha value is -2.28. The molecule has 3 N–H and O–H groups in total. The predicted molar refractivity (Wildman–Crippen MR) is 109 cm³/mol. The molecule has 6 heteroatoms. The Labute approximate surface area is 159 Å². The van der Waals surface area contributed by atoms with Crippen molar-refractivity contribution in [1.82, 2.24) is 9.97 Å². The number of benzene rings is 1. The fourth-order valence-corrected chi connectivity index (χ4v) is 4.71. The van der Waals surface area contributed by atoms with Crippen molar-refractivity contribution in [3.63, 3.8) is 0 Å². The summed E-state index contributed by atoms with van der Waals surface area (Å²) in [5.41, 5.74) is 3.46. The van der Waals surface area contributed by atoms with Crippen LogP contribution in [0.4, 0.5) is 0 Å². The lowest BCUT2D eigenvalue weighted by Gasteiger charge is -2.10. The molecule has 0 spiro atoms. The van der Waals surface area contributed by atoms with Crippen LogP contribution in [-0.4, -0.2) is 9.97 Å². The van der Waals surface area contributed by atoms with Crippen LogP contribution in [0.5, 0.6) is 0 Å². The number of hydrogen-bond donors (Lipinski definition) is 2. The molecule has 0 radical (unpaired) electrons. The Morgan fingerprint density at radius 2 is 2.00 bits per heavy atom. The highest BCUT2D eigenvalue weighted by Gasteiger charge is 2.17. The highest BCUT2D eigenvalue weighted by molar-refractivity contribution is 7.18. The van der Waals surface area contributed by atoms with E-state index >= 15 is 0 Å². The van der Waals surface area contributed by atoms with E-state index in [9.17, 15) is 4.79 Å². The molecular weight excluding hydrogens is 362 g/mol. The summed E-state index contributed by atoms with van der Waals surface area (Å²) in [6, 6.07) is 12.7. The first-order chi connectivity index (χ1) is 12.6. The van der Waals surface area contributed by atoms with Crippen LogP contribution in [0, 0.1) is 6.92 Å². The van der Waals surface area contributed by atoms with E-state index in [0.717, 1.165) is 27.6 Å². The van der Waals surface area contributed by atoms with Crippen LogP contribution in [0.2, 0.25) is 0 Å². The number of rotatable bonds is 5. The van der Waals surface area contributed by atoms with Gasteiger partial charge in [-0.3, -0.25) is 4.79 Å². The average Bonchev–Trinajstić information content (AvgIpc) is 3.30. The zero-order valence-electron chi connectivity index (χ0n) is 14.7. The van der Waals surface area contributed by atoms with Crippen LogP contribution in [0.25, 0.3) is 20.7 Å². The molecule has 0 fully saturated rings. The van der Waals surface area contributed by atoms with Gasteiger partial charge in [0.2, 0.25) is 0 Å². The predicted octanol–water partition coefficient (Wildman–Crippen LogP) is 3.85. The number of aryl methyl sites for hydroxylation is 1. The molecule has 132 valence electrons. The number of aromatic nitrogens is 2. The van der Waals surface area contributed by atoms with E-state index in [1.807, 2.05) is 22.9 Å². The number of H-pyrrole nitrogens is 1. The quantitative estimate of drug-likeness (QED) is 0.551. The second kappa shape index (κ2) is 7.15. The maximum Gasteiger partial charge on any atom is 0.260 e. The number of fused-ring (bicyclic) bond motifs is 1. The van der Waals surface area contributed by atoms with Crippen molar-refractivity contribution in [2.75, 3.05) is 0 Å². The molecule has 4 aromatic rings. The smallest absolute Gasteiger partial charge is 0.260 e. The van der Waals surface area contributed by atoms with E-state index in [1.54, 1.807) is 11.3 Å². The fraction of sp³-hybridized carbons (Fsp3) is 0.200. The molecule has 0 aliphatic heterocycles. The molecule has 0 aliphatic carbocycles. The molecule has 1 atom stereocenters. The van der Waals surface area contributed by atoms with E-state index in [-0.39, 0.29) is 11.6 Å². The molecule has 0 aliphatic rings. The van der Waals surface area contributed by atoms with Gasteiger partial charge >= 0.3 is 0 Å². The van der Waals surface area contributed by atoms with Gasteiger partial charge in [0.05, 0.1) is 5.39 Å². The third-order valence-corrected chi connectivity index (χ3v) is 6.28. The Morgan fingerprint density at radius 1 is 1.19 bits per heavy atom. The van der Waals surface area contributed by atoms with Crippen LogP contribution in [0.15, 0.2) is 52.0 Å². The maximum atomic E-state index is 12.7. The first-order valence-electron chi connectivity index (χ1n) is 8.56. The summed E-state index contributed by atoms with van der Waals surface area (Å²) >= 11 is 3.18. The molecule has 3 heterocycles. The minimum atomic E-state index is -0.0507. The van der Waals surface area contributed by atoms with E-state index in [0.29, 0.717) is 5.39 Å². The Kier molecular flexibility index (Phi) is 4.72. The highest BCUT2D eigenvalue weighted by atomic mass is 32.1. The van der Waals surface area contributed by atoms with E-state index < -0.39 is 0 Å². The summed E-state index contributed by atoms with van der Waals surface area (Å²) in [6.07, 6.45) is 0. The first-order valence-corrected chi connectivity index (χ1v) is 10.3. The van der Waals surface area contributed by atoms with Crippen molar-refractivity contribution >= 4 is 32.9 Å². The fourth-order valence-electron chi connectivity index (χ4n) is 2.94. The van der Waals surface area contributed by atoms with Crippen LogP contribution in [-0.2, 0) is 6.54 Å². The first kappa shape index (κ1) is 17.1. The monoisotopic (exact) mass is 382 g/mol. The second-order valence-corrected chi connectivity index (χ2v) is 8.28. The third kappa shape index (κ3) is 3.35. The van der Waals surface area contributed by atoms with Crippen molar-refractivity contribution in [2.45, 2.75) is 26.4 Å². The number of nitrogens with one attached hydrogen (secondary N) is 1. The van der Waals surface area contributed by atoms with E-state index in [1.165, 1.54) is 22.5 Å². The van der Waals surface area contributed by atoms with E-state index in [2.05, 4.69) is 48.4 Å². The molecule has 0 saturated carbocycles. The summed E-state index contributed by atoms with van der Waals surface area (Å²) in [6.45, 7) is 5.02. The number of nitrogens with zero attached hydrogens (tertiary/aromatic N) is 1. The van der Waals surface area contributed by atoms with Gasteiger partial charge in [-0.15, -0.1) is 22.7 Å². The Balaban J connectivity index is 1.59. The summed E-state index contributed by atoms with van der Waals surface area (Å²) in [7, 11) is 0. The Morgan fingerprint density at radius 3 is 2.73 bits per heavy atom. The minimum absolute atomic E-state index is 0.0507. The van der Waals surface area contributed by atoms with Gasteiger partial charge < -0.3 is 10.3 Å². The SMILES string of the molecule is Cc1ccc(C[NH2+][C@@H](C)c2nc3scc(-c4cccs4)c3c(=O)[nH]2)cc1. The number of aromatic amines is 1. The van der Waals surface area contributed by atoms with Crippen molar-refractivity contribution in [1.29, 1.82) is 0 Å². The van der Waals surface area contributed by atoms with Gasteiger partial charge in [-0.2, -0.15) is 0 Å². The van der Waals surface area contributed by atoms with Gasteiger partial charge in [0.25, 0.3) is 5.56 Å². The van der Waals surface area contributed by atoms with Crippen LogP contribution in [0.1, 0.15) is 29.9 Å². The molecule has 4 rings (SSSR count). The Bertz CT molecular complexity index is 1080. The molecule has 0 amide bonds. The number of nitrogens with two attached hydrogens (primary N) is 1. The van der Waals surface area contributed by atoms with Crippen LogP contribution >= 0.6 is 22.7 Å². The molecule has 0 saturated heterocycles. The third-order valence-electron chi connectivity index (χ3n) is 4.51. The zero-order chi connectivity index (χ0) is 18.1. The van der Waals surface area contributed by atoms with Gasteiger partial charge in [-0.1, -0.05) is 35.9 Å².